The van der Waals surface area contributed by atoms with Gasteiger partial charge in [-0.2, -0.15) is 4.98 Å². The van der Waals surface area contributed by atoms with Crippen molar-refractivity contribution in [2.75, 3.05) is 13.2 Å². The number of benzene rings is 2. The number of aliphatic hydroxyl groups is 1. The number of hydrogen-bond acceptors (Lipinski definition) is 5. The zero-order chi connectivity index (χ0) is 31.4. The normalized spacial score (nSPS) is 18.6. The molecule has 1 saturated heterocycles. The highest BCUT2D eigenvalue weighted by atomic mass is 35.5. The summed E-state index contributed by atoms with van der Waals surface area (Å²) in [5.74, 6) is 0.448. The van der Waals surface area contributed by atoms with E-state index < -0.39 is 11.5 Å². The van der Waals surface area contributed by atoms with E-state index in [4.69, 9.17) is 27.8 Å². The van der Waals surface area contributed by atoms with Crippen LogP contribution in [0.5, 0.6) is 0 Å². The molecule has 2 aromatic heterocycles. The lowest BCUT2D eigenvalue weighted by atomic mass is 9.86. The fourth-order valence-corrected chi connectivity index (χ4v) is 6.17. The van der Waals surface area contributed by atoms with Crippen LogP contribution in [0.3, 0.4) is 0 Å². The van der Waals surface area contributed by atoms with Gasteiger partial charge >= 0.3 is 5.69 Å². The molecule has 0 saturated carbocycles. The Labute approximate surface area is 261 Å². The number of aliphatic hydroxyl groups excluding tert-OH is 1. The molecule has 0 bridgehead atoms. The average molecular weight is 623 g/mol. The molecule has 4 aromatic rings. The second-order valence-electron chi connectivity index (χ2n) is 12.1. The maximum atomic E-state index is 15.1. The van der Waals surface area contributed by atoms with Gasteiger partial charge in [-0.15, -0.1) is 0 Å². The third kappa shape index (κ3) is 7.49. The number of H-pyrrole nitrogens is 1. The van der Waals surface area contributed by atoms with Gasteiger partial charge in [-0.25, -0.2) is 9.18 Å². The summed E-state index contributed by atoms with van der Waals surface area (Å²) in [6, 6.07) is 12.8. The van der Waals surface area contributed by atoms with Crippen LogP contribution < -0.4 is 17.2 Å². The fourth-order valence-electron chi connectivity index (χ4n) is 5.93. The molecule has 9 nitrogen and oxygen atoms in total. The van der Waals surface area contributed by atoms with Crippen LogP contribution in [0.2, 0.25) is 5.02 Å². The van der Waals surface area contributed by atoms with E-state index in [1.807, 2.05) is 30.3 Å². The first-order chi connectivity index (χ1) is 21.1. The monoisotopic (exact) mass is 622 g/mol. The van der Waals surface area contributed by atoms with Crippen LogP contribution in [0.4, 0.5) is 4.39 Å². The molecule has 0 radical (unpaired) electrons. The van der Waals surface area contributed by atoms with Crippen molar-refractivity contribution in [1.82, 2.24) is 14.5 Å². The molecular weight excluding hydrogens is 583 g/mol. The van der Waals surface area contributed by atoms with Gasteiger partial charge in [0.15, 0.2) is 11.8 Å². The van der Waals surface area contributed by atoms with Crippen LogP contribution in [0.15, 0.2) is 58.4 Å². The standard InChI is InChI=1S/C33H40ClFN6O3/c1-19(2)4-3-5-20-13-26(30(35)27(34)14-20)28-16-23-17-41(33(43)40-31(23)39-28)24-8-6-22(7-9-24)29-15-21(10-11-38-32(36)37)12-25(18-42)44-29/h6-9,13-14,16-17,19,21,25,29,42H,3-5,10-12,15,18H2,1-2H3,(H4,36,37,38)(H,39,40,43)/t21?,25?,29-/m0/s1. The highest BCUT2D eigenvalue weighted by Crippen LogP contribution is 2.37. The summed E-state index contributed by atoms with van der Waals surface area (Å²) < 4.78 is 22.8. The number of halogens is 2. The van der Waals surface area contributed by atoms with E-state index in [2.05, 4.69) is 28.8 Å². The van der Waals surface area contributed by atoms with Crippen LogP contribution in [-0.4, -0.2) is 44.9 Å². The third-order valence-electron chi connectivity index (χ3n) is 8.21. The lowest BCUT2D eigenvalue weighted by Crippen LogP contribution is -2.31. The SMILES string of the molecule is CC(C)CCCc1cc(Cl)c(F)c(-c2cc3cn(-c4ccc([C@@H]5CC(CCN=C(N)N)CC(CO)O5)cc4)c(=O)nc3[nH]2)c1. The molecule has 3 atom stereocenters. The Kier molecular flexibility index (Phi) is 10.0. The van der Waals surface area contributed by atoms with Gasteiger partial charge in [0.2, 0.25) is 0 Å². The van der Waals surface area contributed by atoms with Gasteiger partial charge in [0.25, 0.3) is 0 Å². The zero-order valence-electron chi connectivity index (χ0n) is 25.1. The predicted octanol–water partition coefficient (Wildman–Crippen LogP) is 5.64. The van der Waals surface area contributed by atoms with E-state index in [-0.39, 0.29) is 29.8 Å². The van der Waals surface area contributed by atoms with Crippen LogP contribution in [0, 0.1) is 17.7 Å². The molecule has 0 aliphatic carbocycles. The molecule has 0 amide bonds. The fraction of sp³-hybridized carbons (Fsp3) is 0.424. The Hall–Kier alpha value is -3.73. The second kappa shape index (κ2) is 13.9. The largest absolute Gasteiger partial charge is 0.394 e. The van der Waals surface area contributed by atoms with Gasteiger partial charge < -0.3 is 26.3 Å². The van der Waals surface area contributed by atoms with Crippen molar-refractivity contribution in [3.63, 3.8) is 0 Å². The predicted molar refractivity (Wildman–Crippen MR) is 173 cm³/mol. The minimum absolute atomic E-state index is 0.0638. The molecular formula is C33H40ClFN6O3. The van der Waals surface area contributed by atoms with Gasteiger partial charge in [-0.1, -0.05) is 44.0 Å². The molecule has 6 N–H and O–H groups in total. The Morgan fingerprint density at radius 2 is 2.00 bits per heavy atom. The van der Waals surface area contributed by atoms with Crippen molar-refractivity contribution < 1.29 is 14.2 Å². The number of fused-ring (bicyclic) bond motifs is 1. The Bertz CT molecular complexity index is 1680. The first-order valence-electron chi connectivity index (χ1n) is 15.1. The molecule has 2 aromatic carbocycles. The van der Waals surface area contributed by atoms with E-state index in [9.17, 15) is 9.90 Å². The van der Waals surface area contributed by atoms with Crippen molar-refractivity contribution in [3.05, 3.63) is 81.1 Å². The summed E-state index contributed by atoms with van der Waals surface area (Å²) in [6.07, 6.45) is 6.40. The Morgan fingerprint density at radius 3 is 2.70 bits per heavy atom. The van der Waals surface area contributed by atoms with Crippen molar-refractivity contribution in [2.45, 2.75) is 64.6 Å². The lowest BCUT2D eigenvalue weighted by molar-refractivity contribution is -0.0935. The van der Waals surface area contributed by atoms with Crippen molar-refractivity contribution >= 4 is 28.6 Å². The molecule has 11 heteroatoms. The second-order valence-corrected chi connectivity index (χ2v) is 12.5. The van der Waals surface area contributed by atoms with Gasteiger partial charge in [0.1, 0.15) is 5.65 Å². The molecule has 5 rings (SSSR count). The Morgan fingerprint density at radius 1 is 1.23 bits per heavy atom. The number of aromatic nitrogens is 3. The maximum absolute atomic E-state index is 15.1. The van der Waals surface area contributed by atoms with Gasteiger partial charge in [0.05, 0.1) is 35.2 Å². The van der Waals surface area contributed by atoms with Crippen molar-refractivity contribution in [3.8, 4) is 16.9 Å². The first-order valence-corrected chi connectivity index (χ1v) is 15.5. The van der Waals surface area contributed by atoms with Crippen molar-refractivity contribution in [2.24, 2.45) is 28.3 Å². The number of nitrogens with one attached hydrogen (secondary N) is 1. The molecule has 1 aliphatic heterocycles. The molecule has 234 valence electrons. The smallest absolute Gasteiger partial charge is 0.354 e. The van der Waals surface area contributed by atoms with Gasteiger partial charge in [0, 0.05) is 23.7 Å². The number of hydrogen-bond donors (Lipinski definition) is 4. The number of rotatable bonds is 11. The molecule has 2 unspecified atom stereocenters. The van der Waals surface area contributed by atoms with Crippen LogP contribution >= 0.6 is 11.6 Å². The van der Waals surface area contributed by atoms with E-state index in [1.165, 1.54) is 4.57 Å². The average Bonchev–Trinajstić information content (AvgIpc) is 3.40. The van der Waals surface area contributed by atoms with E-state index in [0.29, 0.717) is 46.4 Å². The summed E-state index contributed by atoms with van der Waals surface area (Å²) in [7, 11) is 0. The number of aryl methyl sites for hydroxylation is 1. The van der Waals surface area contributed by atoms with Crippen LogP contribution in [0.25, 0.3) is 28.0 Å². The van der Waals surface area contributed by atoms with Gasteiger partial charge in [-0.3, -0.25) is 9.56 Å². The highest BCUT2D eigenvalue weighted by Gasteiger charge is 2.30. The number of nitrogens with two attached hydrogens (primary N) is 2. The number of guanidine groups is 1. The summed E-state index contributed by atoms with van der Waals surface area (Å²) in [5, 5.41) is 10.5. The van der Waals surface area contributed by atoms with E-state index >= 15 is 4.39 Å². The number of aliphatic imine (C=N–C) groups is 1. The molecule has 44 heavy (non-hydrogen) atoms. The summed E-state index contributed by atoms with van der Waals surface area (Å²) in [4.78, 5) is 24.5. The summed E-state index contributed by atoms with van der Waals surface area (Å²) in [5.41, 5.74) is 14.2. The topological polar surface area (TPSA) is 145 Å². The van der Waals surface area contributed by atoms with E-state index in [1.54, 1.807) is 18.3 Å². The van der Waals surface area contributed by atoms with Crippen LogP contribution in [-0.2, 0) is 11.2 Å². The molecule has 1 fully saturated rings. The summed E-state index contributed by atoms with van der Waals surface area (Å²) in [6.45, 7) is 4.82. The zero-order valence-corrected chi connectivity index (χ0v) is 25.9. The first kappa shape index (κ1) is 31.7. The van der Waals surface area contributed by atoms with Crippen molar-refractivity contribution in [1.29, 1.82) is 0 Å². The van der Waals surface area contributed by atoms with Gasteiger partial charge in [-0.05, 0) is 85.4 Å². The summed E-state index contributed by atoms with van der Waals surface area (Å²) >= 11 is 6.27. The van der Waals surface area contributed by atoms with Crippen LogP contribution in [0.1, 0.15) is 63.2 Å². The van der Waals surface area contributed by atoms with E-state index in [0.717, 1.165) is 49.7 Å². The quantitative estimate of drug-likeness (QED) is 0.126. The Balaban J connectivity index is 1.37. The molecule has 1 aliphatic rings. The number of ether oxygens (including phenoxy) is 1. The number of aromatic amines is 1. The minimum atomic E-state index is -0.511. The lowest BCUT2D eigenvalue weighted by Gasteiger charge is -2.35. The molecule has 0 spiro atoms. The third-order valence-corrected chi connectivity index (χ3v) is 8.49. The minimum Gasteiger partial charge on any atom is -0.394 e. The molecule has 3 heterocycles. The maximum Gasteiger partial charge on any atom is 0.354 e. The highest BCUT2D eigenvalue weighted by molar-refractivity contribution is 6.31. The number of nitrogens with zero attached hydrogens (tertiary/aromatic N) is 3.